The fourth-order valence-corrected chi connectivity index (χ4v) is 3.63. The van der Waals surface area contributed by atoms with Crippen LogP contribution in [-0.4, -0.2) is 17.5 Å². The third kappa shape index (κ3) is 3.97. The fourth-order valence-electron chi connectivity index (χ4n) is 3.63. The van der Waals surface area contributed by atoms with Gasteiger partial charge < -0.3 is 5.73 Å². The van der Waals surface area contributed by atoms with Gasteiger partial charge in [-0.3, -0.25) is 4.90 Å². The molecular formula is C17H28N2. The Morgan fingerprint density at radius 1 is 1.16 bits per heavy atom. The molecule has 0 aromatic heterocycles. The Labute approximate surface area is 118 Å². The molecule has 0 saturated heterocycles. The van der Waals surface area contributed by atoms with Gasteiger partial charge in [-0.1, -0.05) is 32.9 Å². The minimum atomic E-state index is 0.741. The Morgan fingerprint density at radius 2 is 1.84 bits per heavy atom. The van der Waals surface area contributed by atoms with Crippen molar-refractivity contribution in [2.75, 3.05) is 12.3 Å². The quantitative estimate of drug-likeness (QED) is 0.832. The monoisotopic (exact) mass is 260 g/mol. The normalized spacial score (nSPS) is 27.7. The van der Waals surface area contributed by atoms with Crippen molar-refractivity contribution < 1.29 is 0 Å². The molecule has 0 spiro atoms. The minimum Gasteiger partial charge on any atom is -0.399 e. The van der Waals surface area contributed by atoms with Crippen molar-refractivity contribution in [3.63, 3.8) is 0 Å². The number of nitrogen functional groups attached to an aromatic ring is 1. The van der Waals surface area contributed by atoms with Gasteiger partial charge in [-0.2, -0.15) is 0 Å². The fraction of sp³-hybridized carbons (Fsp3) is 0.647. The molecule has 106 valence electrons. The SMILES string of the molecule is CCN(Cc1cccc(N)c1)C1CC(C)CC(C)C1. The van der Waals surface area contributed by atoms with Gasteiger partial charge in [0.1, 0.15) is 0 Å². The molecule has 1 aromatic rings. The first-order valence-corrected chi connectivity index (χ1v) is 7.67. The number of hydrogen-bond donors (Lipinski definition) is 1. The summed E-state index contributed by atoms with van der Waals surface area (Å²) in [5.41, 5.74) is 8.09. The Balaban J connectivity index is 2.03. The van der Waals surface area contributed by atoms with E-state index in [-0.39, 0.29) is 0 Å². The van der Waals surface area contributed by atoms with Gasteiger partial charge in [0.15, 0.2) is 0 Å². The second-order valence-electron chi connectivity index (χ2n) is 6.38. The number of rotatable bonds is 4. The molecule has 0 amide bonds. The molecule has 19 heavy (non-hydrogen) atoms. The van der Waals surface area contributed by atoms with Crippen LogP contribution in [0.25, 0.3) is 0 Å². The standard InChI is InChI=1S/C17H28N2/c1-4-19(12-15-6-5-7-16(18)11-15)17-9-13(2)8-14(3)10-17/h5-7,11,13-14,17H,4,8-10,12,18H2,1-3H3. The van der Waals surface area contributed by atoms with E-state index in [9.17, 15) is 0 Å². The second kappa shape index (κ2) is 6.42. The number of benzene rings is 1. The van der Waals surface area contributed by atoms with Crippen LogP contribution in [0.1, 0.15) is 45.6 Å². The largest absolute Gasteiger partial charge is 0.399 e. The average Bonchev–Trinajstić information content (AvgIpc) is 2.34. The minimum absolute atomic E-state index is 0.741. The zero-order chi connectivity index (χ0) is 13.8. The van der Waals surface area contributed by atoms with E-state index < -0.39 is 0 Å². The molecular weight excluding hydrogens is 232 g/mol. The Morgan fingerprint density at radius 3 is 2.42 bits per heavy atom. The predicted molar refractivity (Wildman–Crippen MR) is 82.9 cm³/mol. The number of hydrogen-bond acceptors (Lipinski definition) is 2. The number of nitrogens with zero attached hydrogens (tertiary/aromatic N) is 1. The van der Waals surface area contributed by atoms with Gasteiger partial charge in [-0.15, -0.1) is 0 Å². The van der Waals surface area contributed by atoms with Gasteiger partial charge >= 0.3 is 0 Å². The summed E-state index contributed by atoms with van der Waals surface area (Å²) < 4.78 is 0. The van der Waals surface area contributed by atoms with Crippen LogP contribution in [0, 0.1) is 11.8 Å². The van der Waals surface area contributed by atoms with E-state index in [1.165, 1.54) is 24.8 Å². The lowest BCUT2D eigenvalue weighted by atomic mass is 9.79. The molecule has 2 unspecified atom stereocenters. The number of nitrogens with two attached hydrogens (primary N) is 1. The van der Waals surface area contributed by atoms with Crippen LogP contribution in [0.15, 0.2) is 24.3 Å². The highest BCUT2D eigenvalue weighted by atomic mass is 15.1. The molecule has 0 heterocycles. The van der Waals surface area contributed by atoms with E-state index in [0.29, 0.717) is 0 Å². The topological polar surface area (TPSA) is 29.3 Å². The van der Waals surface area contributed by atoms with Crippen LogP contribution < -0.4 is 5.73 Å². The molecule has 2 N–H and O–H groups in total. The number of anilines is 1. The van der Waals surface area contributed by atoms with Crippen molar-refractivity contribution in [3.05, 3.63) is 29.8 Å². The summed E-state index contributed by atoms with van der Waals surface area (Å²) in [6.07, 6.45) is 4.09. The van der Waals surface area contributed by atoms with Gasteiger partial charge in [0.2, 0.25) is 0 Å². The van der Waals surface area contributed by atoms with E-state index in [1.807, 2.05) is 6.07 Å². The highest BCUT2D eigenvalue weighted by Crippen LogP contribution is 2.32. The zero-order valence-electron chi connectivity index (χ0n) is 12.6. The molecule has 2 heteroatoms. The molecule has 0 radical (unpaired) electrons. The predicted octanol–water partition coefficient (Wildman–Crippen LogP) is 3.92. The maximum absolute atomic E-state index is 5.88. The van der Waals surface area contributed by atoms with E-state index in [0.717, 1.165) is 36.7 Å². The van der Waals surface area contributed by atoms with E-state index in [2.05, 4.69) is 43.9 Å². The van der Waals surface area contributed by atoms with E-state index in [1.54, 1.807) is 0 Å². The van der Waals surface area contributed by atoms with Crippen LogP contribution in [0.5, 0.6) is 0 Å². The van der Waals surface area contributed by atoms with Crippen LogP contribution in [0.3, 0.4) is 0 Å². The zero-order valence-corrected chi connectivity index (χ0v) is 12.6. The summed E-state index contributed by atoms with van der Waals surface area (Å²) in [6.45, 7) is 9.23. The van der Waals surface area contributed by atoms with Gasteiger partial charge in [0, 0.05) is 18.3 Å². The summed E-state index contributed by atoms with van der Waals surface area (Å²) >= 11 is 0. The van der Waals surface area contributed by atoms with Gasteiger partial charge in [-0.25, -0.2) is 0 Å². The maximum atomic E-state index is 5.88. The summed E-state index contributed by atoms with van der Waals surface area (Å²) in [5, 5.41) is 0. The van der Waals surface area contributed by atoms with Crippen molar-refractivity contribution >= 4 is 5.69 Å². The van der Waals surface area contributed by atoms with E-state index in [4.69, 9.17) is 5.73 Å². The molecule has 1 aliphatic rings. The molecule has 1 aliphatic carbocycles. The molecule has 1 saturated carbocycles. The molecule has 1 fully saturated rings. The average molecular weight is 260 g/mol. The van der Waals surface area contributed by atoms with Gasteiger partial charge in [0.25, 0.3) is 0 Å². The van der Waals surface area contributed by atoms with Gasteiger partial charge in [-0.05, 0) is 55.3 Å². The van der Waals surface area contributed by atoms with Crippen LogP contribution in [-0.2, 0) is 6.54 Å². The molecule has 0 bridgehead atoms. The first-order valence-electron chi connectivity index (χ1n) is 7.67. The smallest absolute Gasteiger partial charge is 0.0317 e. The Hall–Kier alpha value is -1.02. The lowest BCUT2D eigenvalue weighted by molar-refractivity contribution is 0.108. The lowest BCUT2D eigenvalue weighted by Crippen LogP contribution is -2.40. The summed E-state index contributed by atoms with van der Waals surface area (Å²) in [6, 6.07) is 9.06. The van der Waals surface area contributed by atoms with Crippen molar-refractivity contribution in [1.82, 2.24) is 4.90 Å². The lowest BCUT2D eigenvalue weighted by Gasteiger charge is -2.39. The second-order valence-corrected chi connectivity index (χ2v) is 6.38. The van der Waals surface area contributed by atoms with E-state index >= 15 is 0 Å². The summed E-state index contributed by atoms with van der Waals surface area (Å²) in [7, 11) is 0. The van der Waals surface area contributed by atoms with Crippen LogP contribution in [0.2, 0.25) is 0 Å². The third-order valence-electron chi connectivity index (χ3n) is 4.41. The van der Waals surface area contributed by atoms with Crippen molar-refractivity contribution in [2.45, 2.75) is 52.6 Å². The Kier molecular flexibility index (Phi) is 4.87. The molecule has 2 atom stereocenters. The molecule has 2 rings (SSSR count). The van der Waals surface area contributed by atoms with Crippen molar-refractivity contribution in [2.24, 2.45) is 11.8 Å². The molecule has 2 nitrogen and oxygen atoms in total. The van der Waals surface area contributed by atoms with Crippen molar-refractivity contribution in [1.29, 1.82) is 0 Å². The molecule has 1 aromatic carbocycles. The Bertz CT molecular complexity index is 392. The first-order chi connectivity index (χ1) is 9.08. The van der Waals surface area contributed by atoms with Crippen molar-refractivity contribution in [3.8, 4) is 0 Å². The summed E-state index contributed by atoms with van der Waals surface area (Å²) in [4.78, 5) is 2.63. The summed E-state index contributed by atoms with van der Waals surface area (Å²) in [5.74, 6) is 1.73. The van der Waals surface area contributed by atoms with Crippen LogP contribution >= 0.6 is 0 Å². The first kappa shape index (κ1) is 14.4. The van der Waals surface area contributed by atoms with Gasteiger partial charge in [0.05, 0.1) is 0 Å². The highest BCUT2D eigenvalue weighted by Gasteiger charge is 2.27. The highest BCUT2D eigenvalue weighted by molar-refractivity contribution is 5.40. The maximum Gasteiger partial charge on any atom is 0.0317 e. The third-order valence-corrected chi connectivity index (χ3v) is 4.41. The molecule has 0 aliphatic heterocycles. The van der Waals surface area contributed by atoms with Crippen LogP contribution in [0.4, 0.5) is 5.69 Å².